The SMILES string of the molecule is CCC(NCCCCC(C)(C)C#N)C(C)C. The summed E-state index contributed by atoms with van der Waals surface area (Å²) in [5.74, 6) is 0.709. The van der Waals surface area contributed by atoms with Crippen LogP contribution in [0.3, 0.4) is 0 Å². The van der Waals surface area contributed by atoms with Gasteiger partial charge in [-0.2, -0.15) is 5.26 Å². The molecule has 1 unspecified atom stereocenters. The van der Waals surface area contributed by atoms with E-state index in [0.29, 0.717) is 12.0 Å². The fourth-order valence-corrected chi connectivity index (χ4v) is 1.89. The van der Waals surface area contributed by atoms with Crippen molar-refractivity contribution in [3.05, 3.63) is 0 Å². The average Bonchev–Trinajstić information content (AvgIpc) is 2.22. The third kappa shape index (κ3) is 6.85. The fourth-order valence-electron chi connectivity index (χ4n) is 1.89. The van der Waals surface area contributed by atoms with Crippen molar-refractivity contribution in [3.63, 3.8) is 0 Å². The van der Waals surface area contributed by atoms with E-state index in [1.54, 1.807) is 0 Å². The summed E-state index contributed by atoms with van der Waals surface area (Å²) in [7, 11) is 0. The first kappa shape index (κ1) is 15.4. The molecule has 94 valence electrons. The molecule has 0 aromatic heterocycles. The van der Waals surface area contributed by atoms with Crippen LogP contribution in [-0.4, -0.2) is 12.6 Å². The van der Waals surface area contributed by atoms with Crippen LogP contribution >= 0.6 is 0 Å². The lowest BCUT2D eigenvalue weighted by Gasteiger charge is -2.21. The monoisotopic (exact) mass is 224 g/mol. The molecule has 0 aromatic rings. The molecule has 0 spiro atoms. The average molecular weight is 224 g/mol. The second kappa shape index (κ2) is 7.68. The summed E-state index contributed by atoms with van der Waals surface area (Å²) in [4.78, 5) is 0. The Kier molecular flexibility index (Phi) is 7.42. The van der Waals surface area contributed by atoms with Gasteiger partial charge in [0.25, 0.3) is 0 Å². The van der Waals surface area contributed by atoms with Crippen molar-refractivity contribution >= 4 is 0 Å². The molecule has 0 aromatic carbocycles. The third-order valence-electron chi connectivity index (χ3n) is 3.18. The molecule has 0 aliphatic rings. The van der Waals surface area contributed by atoms with Crippen LogP contribution in [-0.2, 0) is 0 Å². The predicted octanol–water partition coefficient (Wildman–Crippen LogP) is 3.73. The number of nitrogens with one attached hydrogen (secondary N) is 1. The van der Waals surface area contributed by atoms with E-state index in [9.17, 15) is 0 Å². The Balaban J connectivity index is 3.58. The summed E-state index contributed by atoms with van der Waals surface area (Å²) < 4.78 is 0. The van der Waals surface area contributed by atoms with Crippen LogP contribution in [0.15, 0.2) is 0 Å². The number of hydrogen-bond donors (Lipinski definition) is 1. The van der Waals surface area contributed by atoms with Gasteiger partial charge in [-0.25, -0.2) is 0 Å². The zero-order valence-corrected chi connectivity index (χ0v) is 11.6. The Bertz CT molecular complexity index is 213. The summed E-state index contributed by atoms with van der Waals surface area (Å²) in [6.07, 6.45) is 4.52. The van der Waals surface area contributed by atoms with E-state index in [4.69, 9.17) is 5.26 Å². The highest BCUT2D eigenvalue weighted by atomic mass is 14.9. The molecular weight excluding hydrogens is 196 g/mol. The largest absolute Gasteiger partial charge is 0.314 e. The van der Waals surface area contributed by atoms with Gasteiger partial charge in [-0.15, -0.1) is 0 Å². The van der Waals surface area contributed by atoms with Crippen molar-refractivity contribution in [1.29, 1.82) is 5.26 Å². The standard InChI is InChI=1S/C14H28N2/c1-6-13(12(2)3)16-10-8-7-9-14(4,5)11-15/h12-13,16H,6-10H2,1-5H3. The first-order chi connectivity index (χ1) is 7.43. The molecule has 0 radical (unpaired) electrons. The van der Waals surface area contributed by atoms with Crippen LogP contribution in [0.1, 0.15) is 60.3 Å². The Morgan fingerprint density at radius 3 is 2.31 bits per heavy atom. The minimum atomic E-state index is -0.151. The van der Waals surface area contributed by atoms with E-state index >= 15 is 0 Å². The molecule has 0 heterocycles. The van der Waals surface area contributed by atoms with Crippen molar-refractivity contribution in [1.82, 2.24) is 5.32 Å². The van der Waals surface area contributed by atoms with Crippen LogP contribution in [0, 0.1) is 22.7 Å². The minimum Gasteiger partial charge on any atom is -0.314 e. The van der Waals surface area contributed by atoms with Crippen LogP contribution in [0.2, 0.25) is 0 Å². The number of unbranched alkanes of at least 4 members (excludes halogenated alkanes) is 1. The molecule has 0 rings (SSSR count). The molecule has 0 saturated heterocycles. The second-order valence-electron chi connectivity index (χ2n) is 5.67. The lowest BCUT2D eigenvalue weighted by atomic mass is 9.89. The quantitative estimate of drug-likeness (QED) is 0.638. The smallest absolute Gasteiger partial charge is 0.0683 e. The normalized spacial score (nSPS) is 13.8. The van der Waals surface area contributed by atoms with Crippen molar-refractivity contribution in [2.45, 2.75) is 66.3 Å². The molecule has 16 heavy (non-hydrogen) atoms. The molecule has 0 aliphatic heterocycles. The van der Waals surface area contributed by atoms with Crippen molar-refractivity contribution in [2.24, 2.45) is 11.3 Å². The van der Waals surface area contributed by atoms with Gasteiger partial charge in [0.15, 0.2) is 0 Å². The molecule has 2 nitrogen and oxygen atoms in total. The van der Waals surface area contributed by atoms with Gasteiger partial charge in [0.2, 0.25) is 0 Å². The van der Waals surface area contributed by atoms with Crippen molar-refractivity contribution < 1.29 is 0 Å². The molecule has 0 saturated carbocycles. The second-order valence-corrected chi connectivity index (χ2v) is 5.67. The van der Waals surface area contributed by atoms with Gasteiger partial charge < -0.3 is 5.32 Å². The Labute approximate surface area is 101 Å². The maximum atomic E-state index is 8.88. The highest BCUT2D eigenvalue weighted by Crippen LogP contribution is 2.21. The highest BCUT2D eigenvalue weighted by Gasteiger charge is 2.15. The molecule has 1 N–H and O–H groups in total. The molecule has 1 atom stereocenters. The number of hydrogen-bond acceptors (Lipinski definition) is 2. The van der Waals surface area contributed by atoms with E-state index in [2.05, 4.69) is 32.2 Å². The van der Waals surface area contributed by atoms with E-state index < -0.39 is 0 Å². The number of nitrogens with zero attached hydrogens (tertiary/aromatic N) is 1. The summed E-state index contributed by atoms with van der Waals surface area (Å²) in [6.45, 7) is 11.9. The predicted molar refractivity (Wildman–Crippen MR) is 70.2 cm³/mol. The van der Waals surface area contributed by atoms with E-state index in [1.807, 2.05) is 13.8 Å². The fraction of sp³-hybridized carbons (Fsp3) is 0.929. The summed E-state index contributed by atoms with van der Waals surface area (Å²) in [5.41, 5.74) is -0.151. The number of nitriles is 1. The summed E-state index contributed by atoms with van der Waals surface area (Å²) >= 11 is 0. The Hall–Kier alpha value is -0.550. The van der Waals surface area contributed by atoms with Crippen LogP contribution in [0.5, 0.6) is 0 Å². The maximum Gasteiger partial charge on any atom is 0.0683 e. The first-order valence-corrected chi connectivity index (χ1v) is 6.57. The van der Waals surface area contributed by atoms with Crippen LogP contribution < -0.4 is 5.32 Å². The third-order valence-corrected chi connectivity index (χ3v) is 3.18. The zero-order chi connectivity index (χ0) is 12.6. The summed E-state index contributed by atoms with van der Waals surface area (Å²) in [6, 6.07) is 2.99. The summed E-state index contributed by atoms with van der Waals surface area (Å²) in [5, 5.41) is 12.5. The van der Waals surface area contributed by atoms with Crippen molar-refractivity contribution in [2.75, 3.05) is 6.54 Å². The van der Waals surface area contributed by atoms with Gasteiger partial charge in [-0.3, -0.25) is 0 Å². The van der Waals surface area contributed by atoms with Crippen LogP contribution in [0.4, 0.5) is 0 Å². The molecule has 0 amide bonds. The van der Waals surface area contributed by atoms with Crippen molar-refractivity contribution in [3.8, 4) is 6.07 Å². The Morgan fingerprint density at radius 1 is 1.25 bits per heavy atom. The van der Waals surface area contributed by atoms with Gasteiger partial charge in [0, 0.05) is 6.04 Å². The number of rotatable bonds is 8. The first-order valence-electron chi connectivity index (χ1n) is 6.57. The maximum absolute atomic E-state index is 8.88. The lowest BCUT2D eigenvalue weighted by molar-refractivity contribution is 0.371. The molecule has 0 fully saturated rings. The molecular formula is C14H28N2. The Morgan fingerprint density at radius 2 is 1.88 bits per heavy atom. The van der Waals surface area contributed by atoms with Crippen LogP contribution in [0.25, 0.3) is 0 Å². The minimum absolute atomic E-state index is 0.151. The molecule has 0 aliphatic carbocycles. The topological polar surface area (TPSA) is 35.8 Å². The van der Waals surface area contributed by atoms with E-state index in [0.717, 1.165) is 19.4 Å². The molecule has 2 heteroatoms. The van der Waals surface area contributed by atoms with Gasteiger partial charge in [-0.1, -0.05) is 27.2 Å². The van der Waals surface area contributed by atoms with E-state index in [1.165, 1.54) is 12.8 Å². The lowest BCUT2D eigenvalue weighted by Crippen LogP contribution is -2.33. The van der Waals surface area contributed by atoms with Gasteiger partial charge in [-0.05, 0) is 45.6 Å². The van der Waals surface area contributed by atoms with Gasteiger partial charge in [0.1, 0.15) is 0 Å². The van der Waals surface area contributed by atoms with E-state index in [-0.39, 0.29) is 5.41 Å². The van der Waals surface area contributed by atoms with Gasteiger partial charge in [0.05, 0.1) is 11.5 Å². The van der Waals surface area contributed by atoms with Gasteiger partial charge >= 0.3 is 0 Å². The highest BCUT2D eigenvalue weighted by molar-refractivity contribution is 4.91. The zero-order valence-electron chi connectivity index (χ0n) is 11.6. The molecule has 0 bridgehead atoms.